The molecule has 14 heteroatoms. The highest BCUT2D eigenvalue weighted by Crippen LogP contribution is 2.40. The first kappa shape index (κ1) is 36.2. The van der Waals surface area contributed by atoms with Crippen LogP contribution in [0.5, 0.6) is 5.75 Å². The van der Waals surface area contributed by atoms with E-state index in [0.717, 1.165) is 43.3 Å². The molecular weight excluding hydrogens is 699 g/mol. The average Bonchev–Trinajstić information content (AvgIpc) is 3.80. The van der Waals surface area contributed by atoms with Crippen LogP contribution in [0.2, 0.25) is 10.0 Å². The summed E-state index contributed by atoms with van der Waals surface area (Å²) in [5.74, 6) is -0.325. The molecule has 4 aromatic rings. The van der Waals surface area contributed by atoms with E-state index in [9.17, 15) is 0 Å². The maximum Gasteiger partial charge on any atom is 0.215 e. The molecule has 3 heterocycles. The Labute approximate surface area is 308 Å². The number of imidazole rings is 1. The first-order valence-electron chi connectivity index (χ1n) is 16.4. The van der Waals surface area contributed by atoms with Gasteiger partial charge in [0, 0.05) is 87.5 Å². The number of ether oxygens (including phenoxy) is 5. The van der Waals surface area contributed by atoms with Crippen molar-refractivity contribution in [2.24, 2.45) is 0 Å². The molecule has 50 heavy (non-hydrogen) atoms. The highest BCUT2D eigenvalue weighted by atomic mass is 35.5. The first-order chi connectivity index (χ1) is 24.2. The number of aromatic nitrogens is 2. The number of hydrogen-bond acceptors (Lipinski definition) is 9. The number of methoxy groups -OCH3 is 2. The van der Waals surface area contributed by atoms with E-state index in [4.69, 9.17) is 59.1 Å². The van der Waals surface area contributed by atoms with Crippen LogP contribution in [-0.2, 0) is 31.3 Å². The van der Waals surface area contributed by atoms with E-state index in [1.165, 1.54) is 5.69 Å². The summed E-state index contributed by atoms with van der Waals surface area (Å²) < 4.78 is 31.4. The topological polar surface area (TPSA) is 85.7 Å². The fourth-order valence-electron chi connectivity index (χ4n) is 6.07. The Balaban J connectivity index is 0.978. The number of benzene rings is 3. The molecule has 0 amide bonds. The van der Waals surface area contributed by atoms with Crippen LogP contribution in [0.3, 0.4) is 0 Å². The smallest absolute Gasteiger partial charge is 0.215 e. The Hall–Kier alpha value is -3.62. The highest BCUT2D eigenvalue weighted by Gasteiger charge is 2.45. The van der Waals surface area contributed by atoms with Gasteiger partial charge in [0.1, 0.15) is 18.5 Å². The first-order valence-corrected chi connectivity index (χ1v) is 17.6. The minimum absolute atomic E-state index is 0.301. The Kier molecular flexibility index (Phi) is 12.0. The number of rotatable bonds is 13. The van der Waals surface area contributed by atoms with Crippen LogP contribution in [0.25, 0.3) is 0 Å². The number of nitrogens with one attached hydrogen (secondary N) is 1. The van der Waals surface area contributed by atoms with Gasteiger partial charge in [0.15, 0.2) is 11.4 Å². The van der Waals surface area contributed by atoms with Crippen molar-refractivity contribution in [1.82, 2.24) is 14.5 Å². The molecule has 2 fully saturated rings. The van der Waals surface area contributed by atoms with Crippen LogP contribution in [0, 0.1) is 0 Å². The van der Waals surface area contributed by atoms with Crippen LogP contribution < -0.4 is 19.9 Å². The molecule has 2 saturated heterocycles. The molecule has 2 aliphatic rings. The third kappa shape index (κ3) is 8.81. The monoisotopic (exact) mass is 740 g/mol. The Bertz CT molecular complexity index is 1690. The van der Waals surface area contributed by atoms with Gasteiger partial charge in [-0.05, 0) is 72.9 Å². The van der Waals surface area contributed by atoms with Crippen LogP contribution in [0.15, 0.2) is 85.5 Å². The normalized spacial score (nSPS) is 19.2. The zero-order valence-electron chi connectivity index (χ0n) is 28.3. The zero-order valence-corrected chi connectivity index (χ0v) is 30.7. The van der Waals surface area contributed by atoms with Crippen LogP contribution >= 0.6 is 35.4 Å². The summed E-state index contributed by atoms with van der Waals surface area (Å²) in [6, 6.07) is 21.9. The molecule has 2 atom stereocenters. The van der Waals surface area contributed by atoms with Gasteiger partial charge in [-0.3, -0.25) is 0 Å². The average molecular weight is 742 g/mol. The molecule has 0 radical (unpaired) electrons. The number of thiocarbonyl (C=S) groups is 1. The number of hydrogen-bond donors (Lipinski definition) is 1. The van der Waals surface area contributed by atoms with E-state index in [1.807, 2.05) is 40.9 Å². The van der Waals surface area contributed by atoms with E-state index in [2.05, 4.69) is 56.5 Å². The van der Waals surface area contributed by atoms with Gasteiger partial charge in [0.25, 0.3) is 0 Å². The highest BCUT2D eigenvalue weighted by molar-refractivity contribution is 7.80. The van der Waals surface area contributed by atoms with Gasteiger partial charge < -0.3 is 48.3 Å². The van der Waals surface area contributed by atoms with Crippen molar-refractivity contribution >= 4 is 57.6 Å². The number of piperazine rings is 1. The van der Waals surface area contributed by atoms with E-state index < -0.39 is 5.79 Å². The van der Waals surface area contributed by atoms with Crippen molar-refractivity contribution < 1.29 is 23.7 Å². The van der Waals surface area contributed by atoms with Gasteiger partial charge in [-0.25, -0.2) is 4.98 Å². The van der Waals surface area contributed by atoms with Gasteiger partial charge in [-0.1, -0.05) is 29.3 Å². The van der Waals surface area contributed by atoms with Crippen molar-refractivity contribution in [3.05, 3.63) is 101 Å². The predicted molar refractivity (Wildman–Crippen MR) is 201 cm³/mol. The summed E-state index contributed by atoms with van der Waals surface area (Å²) in [5, 5.41) is 4.92. The molecule has 0 spiro atoms. The van der Waals surface area contributed by atoms with Crippen molar-refractivity contribution in [2.75, 3.05) is 82.3 Å². The molecule has 3 aromatic carbocycles. The molecular formula is C36H42Cl2N6O5S. The fraction of sp³-hybridized carbons (Fsp3) is 0.389. The minimum Gasteiger partial charge on any atom is -0.491 e. The van der Waals surface area contributed by atoms with Crippen LogP contribution in [0.1, 0.15) is 5.56 Å². The molecule has 266 valence electrons. The lowest BCUT2D eigenvalue weighted by Crippen LogP contribution is -2.46. The lowest BCUT2D eigenvalue weighted by molar-refractivity contribution is -0.189. The third-order valence-corrected chi connectivity index (χ3v) is 9.81. The fourth-order valence-corrected chi connectivity index (χ4v) is 6.81. The predicted octanol–water partition coefficient (Wildman–Crippen LogP) is 6.11. The number of halogens is 2. The second kappa shape index (κ2) is 16.6. The lowest BCUT2D eigenvalue weighted by Gasteiger charge is -2.37. The largest absolute Gasteiger partial charge is 0.491 e. The number of likely N-dealkylation sites (N-methyl/N-ethyl adjacent to an activating group) is 1. The van der Waals surface area contributed by atoms with Gasteiger partial charge in [0.05, 0.1) is 31.0 Å². The van der Waals surface area contributed by atoms with Crippen molar-refractivity contribution in [3.8, 4) is 5.75 Å². The van der Waals surface area contributed by atoms with E-state index in [-0.39, 0.29) is 12.4 Å². The molecule has 2 aliphatic heterocycles. The zero-order chi connectivity index (χ0) is 35.1. The maximum absolute atomic E-state index is 6.61. The Morgan fingerprint density at radius 2 is 1.66 bits per heavy atom. The molecule has 0 unspecified atom stereocenters. The lowest BCUT2D eigenvalue weighted by atomic mass is 10.1. The molecule has 0 aliphatic carbocycles. The second-order valence-corrected chi connectivity index (χ2v) is 13.4. The van der Waals surface area contributed by atoms with Crippen molar-refractivity contribution in [3.63, 3.8) is 0 Å². The quantitative estimate of drug-likeness (QED) is 0.127. The minimum atomic E-state index is -1.09. The summed E-state index contributed by atoms with van der Waals surface area (Å²) in [4.78, 5) is 10.8. The van der Waals surface area contributed by atoms with Crippen molar-refractivity contribution in [1.29, 1.82) is 0 Å². The summed E-state index contributed by atoms with van der Waals surface area (Å²) in [6.07, 6.45) is 4.65. The molecule has 0 bridgehead atoms. The molecule has 6 rings (SSSR count). The Morgan fingerprint density at radius 3 is 2.26 bits per heavy atom. The third-order valence-electron chi connectivity index (χ3n) is 8.85. The number of anilines is 3. The Morgan fingerprint density at radius 1 is 1.00 bits per heavy atom. The summed E-state index contributed by atoms with van der Waals surface area (Å²) in [5.41, 5.74) is 3.99. The van der Waals surface area contributed by atoms with E-state index >= 15 is 0 Å². The number of nitrogens with zero attached hydrogens (tertiary/aromatic N) is 5. The maximum atomic E-state index is 6.61. The molecule has 0 saturated carbocycles. The van der Waals surface area contributed by atoms with E-state index in [0.29, 0.717) is 47.0 Å². The van der Waals surface area contributed by atoms with Gasteiger partial charge in [-0.2, -0.15) is 0 Å². The molecule has 1 aromatic heterocycles. The standard InChI is InChI=1S/C36H42Cl2N6O5S/c1-41(21-34(45-2)46-3)35(50)40-27-5-7-28(8-6-27)43-16-18-44(19-17-43)29-9-11-30(12-10-29)47-22-31-23-48-36(49-31,24-42-15-14-39-25-42)32-13-4-26(37)20-33(32)38/h4-15,20,25,31,34H,16-19,21-24H2,1-3H3,(H,40,50)/t31-,36-/m1/s1. The van der Waals surface area contributed by atoms with Gasteiger partial charge in [0.2, 0.25) is 5.79 Å². The van der Waals surface area contributed by atoms with Crippen molar-refractivity contribution in [2.45, 2.75) is 24.7 Å². The second-order valence-electron chi connectivity index (χ2n) is 12.2. The summed E-state index contributed by atoms with van der Waals surface area (Å²) in [6.45, 7) is 5.24. The van der Waals surface area contributed by atoms with E-state index in [1.54, 1.807) is 38.9 Å². The summed E-state index contributed by atoms with van der Waals surface area (Å²) >= 11 is 18.3. The van der Waals surface area contributed by atoms with Gasteiger partial charge in [-0.15, -0.1) is 0 Å². The molecule has 11 nitrogen and oxygen atoms in total. The van der Waals surface area contributed by atoms with Gasteiger partial charge >= 0.3 is 0 Å². The summed E-state index contributed by atoms with van der Waals surface area (Å²) in [7, 11) is 5.14. The molecule has 1 N–H and O–H groups in total. The van der Waals surface area contributed by atoms with Crippen LogP contribution in [-0.4, -0.2) is 99.2 Å². The SMILES string of the molecule is COC(CN(C)C(=S)Nc1ccc(N2CCN(c3ccc(OC[C@@H]4CO[C@@](Cn5ccnc5)(c5ccc(Cl)cc5Cl)O4)cc3)CC2)cc1)OC. The van der Waals surface area contributed by atoms with Crippen LogP contribution in [0.4, 0.5) is 17.1 Å².